The zero-order valence-electron chi connectivity index (χ0n) is 14.5. The number of nitrogens with one attached hydrogen (secondary N) is 1. The van der Waals surface area contributed by atoms with Crippen LogP contribution in [0.2, 0.25) is 0 Å². The third kappa shape index (κ3) is 2.74. The quantitative estimate of drug-likeness (QED) is 0.790. The molecule has 1 aliphatic rings. The van der Waals surface area contributed by atoms with Gasteiger partial charge >= 0.3 is 0 Å². The summed E-state index contributed by atoms with van der Waals surface area (Å²) in [6.45, 7) is 9.06. The number of nitrogens with zero attached hydrogens (tertiary/aromatic N) is 4. The molecule has 0 unspecified atom stereocenters. The zero-order chi connectivity index (χ0) is 16.7. The maximum Gasteiger partial charge on any atom is 0.127 e. The van der Waals surface area contributed by atoms with Crippen molar-refractivity contribution in [2.45, 2.75) is 59.7 Å². The first-order valence-electron chi connectivity index (χ1n) is 8.60. The van der Waals surface area contributed by atoms with E-state index in [-0.39, 0.29) is 0 Å². The van der Waals surface area contributed by atoms with Crippen LogP contribution in [-0.2, 0) is 26.1 Å². The summed E-state index contributed by atoms with van der Waals surface area (Å²) in [6.07, 6.45) is 5.69. The minimum atomic E-state index is 0.853. The Kier molecular flexibility index (Phi) is 4.10. The summed E-state index contributed by atoms with van der Waals surface area (Å²) in [5, 5.41) is 4.82. The smallest absolute Gasteiger partial charge is 0.127 e. The number of aryl methyl sites for hydroxylation is 4. The molecule has 126 valence electrons. The lowest BCUT2D eigenvalue weighted by molar-refractivity contribution is 0.499. The lowest BCUT2D eigenvalue weighted by Crippen LogP contribution is -2.18. The van der Waals surface area contributed by atoms with Crippen LogP contribution in [0.4, 0.5) is 0 Å². The molecule has 5 nitrogen and oxygen atoms in total. The number of imidazole rings is 1. The van der Waals surface area contributed by atoms with E-state index < -0.39 is 0 Å². The van der Waals surface area contributed by atoms with Crippen LogP contribution >= 0.6 is 11.3 Å². The molecule has 6 heteroatoms. The van der Waals surface area contributed by atoms with Crippen LogP contribution < -0.4 is 5.32 Å². The van der Waals surface area contributed by atoms with Crippen molar-refractivity contribution in [1.82, 2.24) is 24.8 Å². The first-order valence-corrected chi connectivity index (χ1v) is 9.42. The summed E-state index contributed by atoms with van der Waals surface area (Å²) in [6, 6.07) is 0. The van der Waals surface area contributed by atoms with Gasteiger partial charge in [-0.1, -0.05) is 0 Å². The van der Waals surface area contributed by atoms with Crippen LogP contribution in [0, 0.1) is 20.8 Å². The molecule has 24 heavy (non-hydrogen) atoms. The number of hydrogen-bond acceptors (Lipinski definition) is 5. The second-order valence-corrected chi connectivity index (χ2v) is 7.65. The van der Waals surface area contributed by atoms with Gasteiger partial charge in [-0.25, -0.2) is 15.0 Å². The molecule has 0 aliphatic carbocycles. The van der Waals surface area contributed by atoms with E-state index in [4.69, 9.17) is 0 Å². The van der Waals surface area contributed by atoms with Crippen LogP contribution in [0.3, 0.4) is 0 Å². The Labute approximate surface area is 146 Å². The molecule has 0 radical (unpaired) electrons. The van der Waals surface area contributed by atoms with E-state index in [2.05, 4.69) is 38.7 Å². The fourth-order valence-corrected chi connectivity index (χ4v) is 4.86. The van der Waals surface area contributed by atoms with E-state index in [0.717, 1.165) is 42.4 Å². The Bertz CT molecular complexity index is 893. The van der Waals surface area contributed by atoms with Gasteiger partial charge in [0.05, 0.1) is 5.69 Å². The molecule has 0 spiro atoms. The van der Waals surface area contributed by atoms with E-state index in [9.17, 15) is 0 Å². The number of rotatable bonds is 4. The molecule has 0 saturated heterocycles. The molecule has 4 rings (SSSR count). The lowest BCUT2D eigenvalue weighted by Gasteiger charge is -2.16. The topological polar surface area (TPSA) is 55.6 Å². The van der Waals surface area contributed by atoms with Crippen molar-refractivity contribution in [3.63, 3.8) is 0 Å². The number of fused-ring (bicyclic) bond motifs is 2. The monoisotopic (exact) mass is 341 g/mol. The molecular weight excluding hydrogens is 318 g/mol. The molecule has 0 bridgehead atoms. The lowest BCUT2D eigenvalue weighted by atomic mass is 10.1. The molecule has 0 aromatic carbocycles. The SMILES string of the molecule is Cc1nc(C)c2c(C)c(CNCc3cnc4n3CCCC4)sc2n1. The first kappa shape index (κ1) is 15.7. The summed E-state index contributed by atoms with van der Waals surface area (Å²) in [5.74, 6) is 2.10. The van der Waals surface area contributed by atoms with Crippen molar-refractivity contribution in [3.05, 3.63) is 39.7 Å². The largest absolute Gasteiger partial charge is 0.331 e. The molecule has 0 fully saturated rings. The van der Waals surface area contributed by atoms with E-state index >= 15 is 0 Å². The third-order valence-electron chi connectivity index (χ3n) is 4.83. The van der Waals surface area contributed by atoms with Gasteiger partial charge in [-0.05, 0) is 39.2 Å². The van der Waals surface area contributed by atoms with Gasteiger partial charge in [0.25, 0.3) is 0 Å². The van der Waals surface area contributed by atoms with Crippen LogP contribution in [-0.4, -0.2) is 19.5 Å². The van der Waals surface area contributed by atoms with Crippen molar-refractivity contribution in [3.8, 4) is 0 Å². The summed E-state index contributed by atoms with van der Waals surface area (Å²) in [7, 11) is 0. The van der Waals surface area contributed by atoms with Crippen LogP contribution in [0.25, 0.3) is 10.2 Å². The Hall–Kier alpha value is -1.79. The molecule has 0 saturated carbocycles. The van der Waals surface area contributed by atoms with Gasteiger partial charge in [-0.2, -0.15) is 0 Å². The molecule has 3 aromatic rings. The molecule has 0 amide bonds. The van der Waals surface area contributed by atoms with Crippen LogP contribution in [0.1, 0.15) is 46.3 Å². The summed E-state index contributed by atoms with van der Waals surface area (Å²) < 4.78 is 2.38. The van der Waals surface area contributed by atoms with Gasteiger partial charge in [-0.15, -0.1) is 11.3 Å². The van der Waals surface area contributed by atoms with E-state index in [0.29, 0.717) is 0 Å². The fourth-order valence-electron chi connectivity index (χ4n) is 3.61. The first-order chi connectivity index (χ1) is 11.6. The maximum atomic E-state index is 4.60. The standard InChI is InChI=1S/C18H23N5S/c1-11-15(24-18-17(11)12(2)21-13(3)22-18)10-19-8-14-9-20-16-6-4-5-7-23(14)16/h9,19H,4-8,10H2,1-3H3. The second-order valence-electron chi connectivity index (χ2n) is 6.56. The van der Waals surface area contributed by atoms with Gasteiger partial charge in [-0.3, -0.25) is 0 Å². The minimum absolute atomic E-state index is 0.853. The van der Waals surface area contributed by atoms with Gasteiger partial charge in [0.1, 0.15) is 16.5 Å². The van der Waals surface area contributed by atoms with Gasteiger partial charge in [0.2, 0.25) is 0 Å². The van der Waals surface area contributed by atoms with E-state index in [1.54, 1.807) is 11.3 Å². The number of hydrogen-bond donors (Lipinski definition) is 1. The summed E-state index contributed by atoms with van der Waals surface area (Å²) in [4.78, 5) is 16.1. The zero-order valence-corrected chi connectivity index (χ0v) is 15.3. The highest BCUT2D eigenvalue weighted by Gasteiger charge is 2.15. The van der Waals surface area contributed by atoms with Gasteiger partial charge in [0.15, 0.2) is 0 Å². The van der Waals surface area contributed by atoms with Crippen molar-refractivity contribution >= 4 is 21.6 Å². The molecular formula is C18H23N5S. The van der Waals surface area contributed by atoms with Gasteiger partial charge in [0, 0.05) is 48.2 Å². The summed E-state index contributed by atoms with van der Waals surface area (Å²) >= 11 is 1.78. The van der Waals surface area contributed by atoms with Crippen molar-refractivity contribution in [2.75, 3.05) is 0 Å². The van der Waals surface area contributed by atoms with Gasteiger partial charge < -0.3 is 9.88 Å². The van der Waals surface area contributed by atoms with E-state index in [1.807, 2.05) is 13.1 Å². The average molecular weight is 341 g/mol. The third-order valence-corrected chi connectivity index (χ3v) is 6.01. The van der Waals surface area contributed by atoms with Crippen molar-refractivity contribution < 1.29 is 0 Å². The Morgan fingerprint density at radius 1 is 1.17 bits per heavy atom. The van der Waals surface area contributed by atoms with Crippen molar-refractivity contribution in [2.24, 2.45) is 0 Å². The molecule has 1 N–H and O–H groups in total. The predicted octanol–water partition coefficient (Wildman–Crippen LogP) is 3.44. The Morgan fingerprint density at radius 2 is 2.04 bits per heavy atom. The normalized spacial score (nSPS) is 14.3. The van der Waals surface area contributed by atoms with Crippen LogP contribution in [0.15, 0.2) is 6.20 Å². The molecule has 0 atom stereocenters. The molecule has 1 aliphatic heterocycles. The fraction of sp³-hybridized carbons (Fsp3) is 0.500. The molecule has 4 heterocycles. The van der Waals surface area contributed by atoms with E-state index in [1.165, 1.54) is 40.2 Å². The minimum Gasteiger partial charge on any atom is -0.331 e. The van der Waals surface area contributed by atoms with Crippen LogP contribution in [0.5, 0.6) is 0 Å². The second kappa shape index (κ2) is 6.26. The number of aromatic nitrogens is 4. The number of thiophene rings is 1. The van der Waals surface area contributed by atoms with Crippen molar-refractivity contribution in [1.29, 1.82) is 0 Å². The maximum absolute atomic E-state index is 4.60. The molecule has 3 aromatic heterocycles. The predicted molar refractivity (Wildman–Crippen MR) is 97.3 cm³/mol. The highest BCUT2D eigenvalue weighted by atomic mass is 32.1. The average Bonchev–Trinajstić information content (AvgIpc) is 3.09. The highest BCUT2D eigenvalue weighted by Crippen LogP contribution is 2.31. The highest BCUT2D eigenvalue weighted by molar-refractivity contribution is 7.18. The summed E-state index contributed by atoms with van der Waals surface area (Å²) in [5.41, 5.74) is 3.70. The Morgan fingerprint density at radius 3 is 2.92 bits per heavy atom. The Balaban J connectivity index is 1.50.